The number of nitrogens with zero attached hydrogens (tertiary/aromatic N) is 2. The van der Waals surface area contributed by atoms with Gasteiger partial charge in [-0.15, -0.1) is 0 Å². The van der Waals surface area contributed by atoms with Crippen molar-refractivity contribution in [3.63, 3.8) is 0 Å². The molecule has 0 aliphatic carbocycles. The first kappa shape index (κ1) is 22.0. The van der Waals surface area contributed by atoms with Crippen LogP contribution in [0.3, 0.4) is 0 Å². The SMILES string of the molecule is CCOc1ccc(/C=C/C(=O)NC(c2cc(OC)cc(OC)c2)c2nccn2C)cc1. The second-order valence-electron chi connectivity index (χ2n) is 6.82. The molecule has 1 atom stereocenters. The Bertz CT molecular complexity index is 1020. The van der Waals surface area contributed by atoms with Gasteiger partial charge in [0.2, 0.25) is 5.91 Å². The molecular formula is C24H27N3O4. The number of rotatable bonds is 9. The predicted molar refractivity (Wildman–Crippen MR) is 119 cm³/mol. The van der Waals surface area contributed by atoms with Crippen molar-refractivity contribution in [2.45, 2.75) is 13.0 Å². The van der Waals surface area contributed by atoms with Gasteiger partial charge < -0.3 is 24.1 Å². The molecule has 2 aromatic carbocycles. The maximum absolute atomic E-state index is 12.8. The second kappa shape index (κ2) is 10.3. The van der Waals surface area contributed by atoms with Crippen LogP contribution >= 0.6 is 0 Å². The van der Waals surface area contributed by atoms with Crippen LogP contribution in [0.4, 0.5) is 0 Å². The minimum absolute atomic E-state index is 0.247. The van der Waals surface area contributed by atoms with Gasteiger partial charge in [0.25, 0.3) is 0 Å². The number of amides is 1. The molecule has 1 heterocycles. The number of imidazole rings is 1. The molecule has 0 aliphatic heterocycles. The predicted octanol–water partition coefficient (Wildman–Crippen LogP) is 3.76. The third-order valence-electron chi connectivity index (χ3n) is 4.73. The highest BCUT2D eigenvalue weighted by atomic mass is 16.5. The lowest BCUT2D eigenvalue weighted by Crippen LogP contribution is -2.29. The molecule has 1 amide bonds. The normalized spacial score (nSPS) is 11.9. The van der Waals surface area contributed by atoms with E-state index in [1.807, 2.05) is 61.1 Å². The maximum atomic E-state index is 12.8. The molecule has 3 aromatic rings. The van der Waals surface area contributed by atoms with Crippen molar-refractivity contribution in [3.05, 3.63) is 77.9 Å². The molecule has 0 aliphatic rings. The van der Waals surface area contributed by atoms with Crippen LogP contribution in [0.5, 0.6) is 17.2 Å². The Labute approximate surface area is 182 Å². The number of hydrogen-bond donors (Lipinski definition) is 1. The van der Waals surface area contributed by atoms with Gasteiger partial charge >= 0.3 is 0 Å². The molecular weight excluding hydrogens is 394 g/mol. The van der Waals surface area contributed by atoms with E-state index in [0.717, 1.165) is 16.9 Å². The summed E-state index contributed by atoms with van der Waals surface area (Å²) in [5.41, 5.74) is 1.70. The minimum Gasteiger partial charge on any atom is -0.497 e. The quantitative estimate of drug-likeness (QED) is 0.533. The smallest absolute Gasteiger partial charge is 0.244 e. The first-order valence-electron chi connectivity index (χ1n) is 9.95. The lowest BCUT2D eigenvalue weighted by Gasteiger charge is -2.20. The summed E-state index contributed by atoms with van der Waals surface area (Å²) in [6, 6.07) is 12.6. The molecule has 0 radical (unpaired) electrons. The molecule has 0 saturated carbocycles. The summed E-state index contributed by atoms with van der Waals surface area (Å²) in [6.07, 6.45) is 6.79. The molecule has 0 saturated heterocycles. The molecule has 7 heteroatoms. The van der Waals surface area contributed by atoms with Crippen LogP contribution in [0, 0.1) is 0 Å². The number of aromatic nitrogens is 2. The molecule has 0 spiro atoms. The van der Waals surface area contributed by atoms with E-state index in [9.17, 15) is 4.79 Å². The lowest BCUT2D eigenvalue weighted by molar-refractivity contribution is -0.117. The van der Waals surface area contributed by atoms with E-state index in [1.165, 1.54) is 6.08 Å². The van der Waals surface area contributed by atoms with E-state index in [1.54, 1.807) is 32.6 Å². The van der Waals surface area contributed by atoms with Crippen LogP contribution in [0.25, 0.3) is 6.08 Å². The summed E-state index contributed by atoms with van der Waals surface area (Å²) in [5.74, 6) is 2.51. The number of carbonyl (C=O) groups is 1. The van der Waals surface area contributed by atoms with Crippen LogP contribution in [-0.2, 0) is 11.8 Å². The summed E-state index contributed by atoms with van der Waals surface area (Å²) in [6.45, 7) is 2.55. The molecule has 7 nitrogen and oxygen atoms in total. The van der Waals surface area contributed by atoms with E-state index >= 15 is 0 Å². The highest BCUT2D eigenvalue weighted by Crippen LogP contribution is 2.29. The highest BCUT2D eigenvalue weighted by Gasteiger charge is 2.21. The third kappa shape index (κ3) is 5.66. The van der Waals surface area contributed by atoms with Crippen molar-refractivity contribution < 1.29 is 19.0 Å². The van der Waals surface area contributed by atoms with Gasteiger partial charge in [0.1, 0.15) is 29.1 Å². The fourth-order valence-corrected chi connectivity index (χ4v) is 3.15. The Balaban J connectivity index is 1.84. The Kier molecular flexibility index (Phi) is 7.32. The fraction of sp³-hybridized carbons (Fsp3) is 0.250. The van der Waals surface area contributed by atoms with Gasteiger partial charge in [-0.05, 0) is 48.4 Å². The van der Waals surface area contributed by atoms with Gasteiger partial charge in [-0.25, -0.2) is 4.98 Å². The molecule has 1 unspecified atom stereocenters. The average molecular weight is 421 g/mol. The molecule has 1 aromatic heterocycles. The number of nitrogens with one attached hydrogen (secondary N) is 1. The standard InChI is InChI=1S/C24H27N3O4/c1-5-31-19-9-6-17(7-10-19)8-11-22(28)26-23(24-25-12-13-27(24)2)18-14-20(29-3)16-21(15-18)30-4/h6-16,23H,5H2,1-4H3,(H,26,28)/b11-8+. The van der Waals surface area contributed by atoms with Crippen LogP contribution < -0.4 is 19.5 Å². The zero-order valence-corrected chi connectivity index (χ0v) is 18.2. The van der Waals surface area contributed by atoms with Gasteiger partial charge in [-0.1, -0.05) is 12.1 Å². The van der Waals surface area contributed by atoms with Crippen molar-refractivity contribution in [2.24, 2.45) is 7.05 Å². The van der Waals surface area contributed by atoms with Crippen molar-refractivity contribution in [2.75, 3.05) is 20.8 Å². The van der Waals surface area contributed by atoms with Crippen molar-refractivity contribution in [1.29, 1.82) is 0 Å². The number of hydrogen-bond acceptors (Lipinski definition) is 5. The fourth-order valence-electron chi connectivity index (χ4n) is 3.15. The molecule has 31 heavy (non-hydrogen) atoms. The number of ether oxygens (including phenoxy) is 3. The van der Waals surface area contributed by atoms with Gasteiger partial charge in [0.15, 0.2) is 0 Å². The third-order valence-corrected chi connectivity index (χ3v) is 4.73. The topological polar surface area (TPSA) is 74.6 Å². The Morgan fingerprint density at radius 2 is 1.77 bits per heavy atom. The zero-order valence-electron chi connectivity index (χ0n) is 18.2. The summed E-state index contributed by atoms with van der Waals surface area (Å²) < 4.78 is 18.1. The van der Waals surface area contributed by atoms with E-state index in [2.05, 4.69) is 10.3 Å². The van der Waals surface area contributed by atoms with Crippen LogP contribution in [0.2, 0.25) is 0 Å². The van der Waals surface area contributed by atoms with Crippen molar-refractivity contribution in [1.82, 2.24) is 14.9 Å². The molecule has 162 valence electrons. The van der Waals surface area contributed by atoms with Crippen LogP contribution in [-0.4, -0.2) is 36.3 Å². The summed E-state index contributed by atoms with van der Waals surface area (Å²) >= 11 is 0. The number of benzene rings is 2. The van der Waals surface area contributed by atoms with E-state index < -0.39 is 6.04 Å². The van der Waals surface area contributed by atoms with Crippen molar-refractivity contribution in [3.8, 4) is 17.2 Å². The lowest BCUT2D eigenvalue weighted by atomic mass is 10.0. The summed E-state index contributed by atoms with van der Waals surface area (Å²) in [5, 5.41) is 3.04. The van der Waals surface area contributed by atoms with E-state index in [-0.39, 0.29) is 5.91 Å². The number of methoxy groups -OCH3 is 2. The Hall–Kier alpha value is -3.74. The van der Waals surface area contributed by atoms with Gasteiger partial charge in [-0.3, -0.25) is 4.79 Å². The maximum Gasteiger partial charge on any atom is 0.244 e. The van der Waals surface area contributed by atoms with Crippen LogP contribution in [0.1, 0.15) is 29.9 Å². The highest BCUT2D eigenvalue weighted by molar-refractivity contribution is 5.92. The summed E-state index contributed by atoms with van der Waals surface area (Å²) in [4.78, 5) is 17.2. The van der Waals surface area contributed by atoms with Gasteiger partial charge in [-0.2, -0.15) is 0 Å². The Morgan fingerprint density at radius 3 is 2.32 bits per heavy atom. The first-order chi connectivity index (χ1) is 15.0. The molecule has 0 bridgehead atoms. The average Bonchev–Trinajstić information content (AvgIpc) is 3.22. The second-order valence-corrected chi connectivity index (χ2v) is 6.82. The van der Waals surface area contributed by atoms with Gasteiger partial charge in [0.05, 0.1) is 20.8 Å². The molecule has 0 fully saturated rings. The van der Waals surface area contributed by atoms with Crippen molar-refractivity contribution >= 4 is 12.0 Å². The zero-order chi connectivity index (χ0) is 22.2. The molecule has 3 rings (SSSR count). The first-order valence-corrected chi connectivity index (χ1v) is 9.95. The van der Waals surface area contributed by atoms with Crippen LogP contribution in [0.15, 0.2) is 60.9 Å². The monoisotopic (exact) mass is 421 g/mol. The van der Waals surface area contributed by atoms with E-state index in [0.29, 0.717) is 23.9 Å². The Morgan fingerprint density at radius 1 is 1.10 bits per heavy atom. The molecule has 1 N–H and O–H groups in total. The minimum atomic E-state index is -0.485. The van der Waals surface area contributed by atoms with E-state index in [4.69, 9.17) is 14.2 Å². The largest absolute Gasteiger partial charge is 0.497 e. The number of carbonyl (C=O) groups excluding carboxylic acids is 1. The summed E-state index contributed by atoms with van der Waals surface area (Å²) in [7, 11) is 5.06. The van der Waals surface area contributed by atoms with Gasteiger partial charge in [0, 0.05) is 31.6 Å². The number of aryl methyl sites for hydroxylation is 1.